The standard InChI is InChI=1S/C21H15F5N4O5/c1-27-18(31)17(30-32-2)12-8-7-11(22)9-15(12)34-20-16(23)19(28-10-29-20)33-13-5-3-4-6-14(13)35-21(24,25)26/h3-10H,1-2H3,(H,27,31). The maximum absolute atomic E-state index is 15.1. The van der Waals surface area contributed by atoms with Crippen molar-refractivity contribution in [2.24, 2.45) is 5.16 Å². The molecule has 1 N–H and O–H groups in total. The first-order chi connectivity index (χ1) is 16.6. The lowest BCUT2D eigenvalue weighted by molar-refractivity contribution is -0.275. The number of nitrogens with one attached hydrogen (secondary N) is 1. The lowest BCUT2D eigenvalue weighted by atomic mass is 10.1. The Kier molecular flexibility index (Phi) is 7.63. The van der Waals surface area contributed by atoms with Gasteiger partial charge in [-0.25, -0.2) is 4.39 Å². The van der Waals surface area contributed by atoms with Crippen LogP contribution in [0.1, 0.15) is 5.56 Å². The number of amides is 1. The van der Waals surface area contributed by atoms with Crippen LogP contribution in [-0.4, -0.2) is 42.1 Å². The first kappa shape index (κ1) is 25.1. The van der Waals surface area contributed by atoms with E-state index in [0.717, 1.165) is 36.7 Å². The van der Waals surface area contributed by atoms with E-state index in [2.05, 4.69) is 30.0 Å². The fourth-order valence-electron chi connectivity index (χ4n) is 2.63. The van der Waals surface area contributed by atoms with Crippen molar-refractivity contribution in [1.82, 2.24) is 15.3 Å². The van der Waals surface area contributed by atoms with Crippen LogP contribution in [0.5, 0.6) is 29.0 Å². The van der Waals surface area contributed by atoms with Crippen molar-refractivity contribution in [2.75, 3.05) is 14.2 Å². The van der Waals surface area contributed by atoms with Crippen molar-refractivity contribution < 1.29 is 45.8 Å². The van der Waals surface area contributed by atoms with Crippen LogP contribution in [0.15, 0.2) is 53.9 Å². The van der Waals surface area contributed by atoms with E-state index in [-0.39, 0.29) is 17.0 Å². The number of halogens is 5. The lowest BCUT2D eigenvalue weighted by Crippen LogP contribution is -2.29. The van der Waals surface area contributed by atoms with E-state index in [1.807, 2.05) is 0 Å². The molecule has 1 amide bonds. The second kappa shape index (κ2) is 10.6. The number of carbonyl (C=O) groups excluding carboxylic acids is 1. The van der Waals surface area contributed by atoms with Gasteiger partial charge in [-0.2, -0.15) is 14.4 Å². The summed E-state index contributed by atoms with van der Waals surface area (Å²) in [6.45, 7) is 0. The van der Waals surface area contributed by atoms with E-state index in [0.29, 0.717) is 0 Å². The van der Waals surface area contributed by atoms with E-state index in [1.165, 1.54) is 26.3 Å². The van der Waals surface area contributed by atoms with Crippen molar-refractivity contribution in [3.63, 3.8) is 0 Å². The maximum atomic E-state index is 15.1. The summed E-state index contributed by atoms with van der Waals surface area (Å²) in [6.07, 6.45) is -4.24. The number of nitrogens with zero attached hydrogens (tertiary/aromatic N) is 3. The average Bonchev–Trinajstić information content (AvgIpc) is 2.80. The summed E-state index contributed by atoms with van der Waals surface area (Å²) < 4.78 is 81.3. The van der Waals surface area contributed by atoms with Gasteiger partial charge in [0.25, 0.3) is 17.7 Å². The van der Waals surface area contributed by atoms with Crippen LogP contribution in [0.3, 0.4) is 0 Å². The molecular weight excluding hydrogens is 483 g/mol. The smallest absolute Gasteiger partial charge is 0.435 e. The number of aromatic nitrogens is 2. The van der Waals surface area contributed by atoms with Crippen LogP contribution >= 0.6 is 0 Å². The van der Waals surface area contributed by atoms with Gasteiger partial charge < -0.3 is 24.4 Å². The van der Waals surface area contributed by atoms with Crippen LogP contribution < -0.4 is 19.5 Å². The second-order valence-corrected chi connectivity index (χ2v) is 6.34. The molecule has 0 radical (unpaired) electrons. The Morgan fingerprint density at radius 2 is 1.60 bits per heavy atom. The number of hydrogen-bond donors (Lipinski definition) is 1. The molecule has 1 heterocycles. The van der Waals surface area contributed by atoms with Crippen LogP contribution in [0, 0.1) is 11.6 Å². The van der Waals surface area contributed by atoms with E-state index in [4.69, 9.17) is 9.47 Å². The molecule has 0 aliphatic carbocycles. The number of hydrogen-bond acceptors (Lipinski definition) is 8. The molecule has 0 aliphatic rings. The van der Waals surface area contributed by atoms with E-state index < -0.39 is 47.2 Å². The normalized spacial score (nSPS) is 11.6. The summed E-state index contributed by atoms with van der Waals surface area (Å²) in [6, 6.07) is 7.58. The predicted molar refractivity (Wildman–Crippen MR) is 109 cm³/mol. The lowest BCUT2D eigenvalue weighted by Gasteiger charge is -2.15. The van der Waals surface area contributed by atoms with Crippen LogP contribution in [0.25, 0.3) is 0 Å². The quantitative estimate of drug-likeness (QED) is 0.280. The summed E-state index contributed by atoms with van der Waals surface area (Å²) in [4.78, 5) is 24.0. The number of likely N-dealkylation sites (N-methyl/N-ethyl adjacent to an activating group) is 1. The highest BCUT2D eigenvalue weighted by atomic mass is 19.4. The number of alkyl halides is 3. The molecule has 0 fully saturated rings. The molecule has 2 aromatic carbocycles. The minimum absolute atomic E-state index is 0.0861. The van der Waals surface area contributed by atoms with Crippen molar-refractivity contribution in [3.8, 4) is 29.0 Å². The molecule has 9 nitrogen and oxygen atoms in total. The van der Waals surface area contributed by atoms with Gasteiger partial charge in [-0.15, -0.1) is 13.2 Å². The fourth-order valence-corrected chi connectivity index (χ4v) is 2.63. The minimum Gasteiger partial charge on any atom is -0.435 e. The Balaban J connectivity index is 1.98. The highest BCUT2D eigenvalue weighted by Gasteiger charge is 2.33. The van der Waals surface area contributed by atoms with Crippen molar-refractivity contribution in [3.05, 3.63) is 66.0 Å². The van der Waals surface area contributed by atoms with Gasteiger partial charge in [0, 0.05) is 13.1 Å². The van der Waals surface area contributed by atoms with E-state index in [9.17, 15) is 22.4 Å². The zero-order chi connectivity index (χ0) is 25.6. The third-order valence-electron chi connectivity index (χ3n) is 4.04. The molecule has 14 heteroatoms. The Morgan fingerprint density at radius 1 is 0.971 bits per heavy atom. The largest absolute Gasteiger partial charge is 0.573 e. The zero-order valence-electron chi connectivity index (χ0n) is 17.9. The topological polar surface area (TPSA) is 104 Å². The number of benzene rings is 2. The summed E-state index contributed by atoms with van der Waals surface area (Å²) in [5.74, 6) is -6.11. The molecule has 0 unspecified atom stereocenters. The van der Waals surface area contributed by atoms with Gasteiger partial charge in [0.05, 0.1) is 5.56 Å². The molecule has 0 spiro atoms. The summed E-state index contributed by atoms with van der Waals surface area (Å²) in [7, 11) is 2.48. The van der Waals surface area contributed by atoms with Crippen LogP contribution in [0.4, 0.5) is 22.0 Å². The molecule has 1 aromatic heterocycles. The average molecular weight is 498 g/mol. The molecule has 0 saturated carbocycles. The molecule has 0 bridgehead atoms. The van der Waals surface area contributed by atoms with Crippen molar-refractivity contribution >= 4 is 11.6 Å². The zero-order valence-corrected chi connectivity index (χ0v) is 17.9. The monoisotopic (exact) mass is 498 g/mol. The Labute approximate surface area is 194 Å². The van der Waals surface area contributed by atoms with Gasteiger partial charge in [0.15, 0.2) is 17.2 Å². The second-order valence-electron chi connectivity index (χ2n) is 6.34. The number of rotatable bonds is 8. The highest BCUT2D eigenvalue weighted by molar-refractivity contribution is 6.45. The van der Waals surface area contributed by atoms with E-state index >= 15 is 4.39 Å². The number of carbonyl (C=O) groups is 1. The Morgan fingerprint density at radius 3 is 2.20 bits per heavy atom. The molecule has 0 atom stereocenters. The van der Waals surface area contributed by atoms with E-state index in [1.54, 1.807) is 0 Å². The summed E-state index contributed by atoms with van der Waals surface area (Å²) >= 11 is 0. The van der Waals surface area contributed by atoms with Crippen molar-refractivity contribution in [2.45, 2.75) is 6.36 Å². The van der Waals surface area contributed by atoms with Crippen LogP contribution in [0.2, 0.25) is 0 Å². The molecule has 184 valence electrons. The molecule has 35 heavy (non-hydrogen) atoms. The van der Waals surface area contributed by atoms with Gasteiger partial charge in [-0.1, -0.05) is 17.3 Å². The first-order valence-corrected chi connectivity index (χ1v) is 9.47. The van der Waals surface area contributed by atoms with Gasteiger partial charge in [0.2, 0.25) is 5.82 Å². The van der Waals surface area contributed by atoms with Gasteiger partial charge in [-0.3, -0.25) is 4.79 Å². The molecular formula is C21H15F5N4O5. The maximum Gasteiger partial charge on any atom is 0.573 e. The number of oxime groups is 1. The number of para-hydroxylation sites is 2. The highest BCUT2D eigenvalue weighted by Crippen LogP contribution is 2.37. The van der Waals surface area contributed by atoms with Crippen molar-refractivity contribution in [1.29, 1.82) is 0 Å². The van der Waals surface area contributed by atoms with Gasteiger partial charge in [0.1, 0.15) is 25.0 Å². The minimum atomic E-state index is -5.03. The summed E-state index contributed by atoms with van der Waals surface area (Å²) in [5, 5.41) is 5.89. The third-order valence-corrected chi connectivity index (χ3v) is 4.04. The predicted octanol–water partition coefficient (Wildman–Crippen LogP) is 4.33. The van der Waals surface area contributed by atoms with Crippen LogP contribution in [-0.2, 0) is 9.63 Å². The number of ether oxygens (including phenoxy) is 3. The first-order valence-electron chi connectivity index (χ1n) is 9.47. The fraction of sp³-hybridized carbons (Fsp3) is 0.143. The third kappa shape index (κ3) is 6.31. The van der Waals surface area contributed by atoms with Gasteiger partial charge >= 0.3 is 6.36 Å². The molecule has 0 aliphatic heterocycles. The summed E-state index contributed by atoms with van der Waals surface area (Å²) in [5.41, 5.74) is -0.411. The molecule has 0 saturated heterocycles. The Bertz CT molecular complexity index is 1250. The van der Waals surface area contributed by atoms with Gasteiger partial charge in [-0.05, 0) is 24.3 Å². The SMILES string of the molecule is CNC(=O)C(=NOC)c1ccc(F)cc1Oc1ncnc(Oc2ccccc2OC(F)(F)F)c1F. The Hall–Kier alpha value is -4.49. The molecule has 3 rings (SSSR count). The molecule has 3 aromatic rings.